The number of ketones is 1. The predicted molar refractivity (Wildman–Crippen MR) is 130 cm³/mol. The van der Waals surface area contributed by atoms with E-state index in [0.29, 0.717) is 37.0 Å². The number of hydrogen-bond acceptors (Lipinski definition) is 9. The third-order valence-corrected chi connectivity index (χ3v) is 11.3. The lowest BCUT2D eigenvalue weighted by molar-refractivity contribution is -0.276. The highest BCUT2D eigenvalue weighted by Gasteiger charge is 2.84. The molecule has 206 valence electrons. The number of esters is 2. The third kappa shape index (κ3) is 2.74. The van der Waals surface area contributed by atoms with Gasteiger partial charge in [-0.05, 0) is 75.9 Å². The first-order chi connectivity index (χ1) is 17.7. The number of Topliss-reactive ketones (excluding diaryl/α,β-unsaturated/α-hetero) is 1. The van der Waals surface area contributed by atoms with E-state index >= 15 is 0 Å². The van der Waals surface area contributed by atoms with Crippen LogP contribution in [0.15, 0.2) is 23.5 Å². The van der Waals surface area contributed by atoms with Crippen molar-refractivity contribution < 1.29 is 43.5 Å². The fraction of sp³-hybridized carbons (Fsp3) is 0.759. The number of allylic oxidation sites excluding steroid dienone is 2. The molecule has 0 radical (unpaired) electrons. The molecule has 2 spiro atoms. The van der Waals surface area contributed by atoms with Crippen LogP contribution in [0.2, 0.25) is 0 Å². The Morgan fingerprint density at radius 3 is 2.55 bits per heavy atom. The van der Waals surface area contributed by atoms with Crippen LogP contribution in [-0.4, -0.2) is 62.7 Å². The van der Waals surface area contributed by atoms with E-state index in [9.17, 15) is 24.6 Å². The molecular weight excluding hydrogens is 492 g/mol. The average molecular weight is 529 g/mol. The first-order valence-corrected chi connectivity index (χ1v) is 13.9. The van der Waals surface area contributed by atoms with Gasteiger partial charge in [-0.2, -0.15) is 0 Å². The second kappa shape index (κ2) is 7.16. The summed E-state index contributed by atoms with van der Waals surface area (Å²) in [4.78, 5) is 38.4. The first-order valence-electron chi connectivity index (χ1n) is 13.9. The van der Waals surface area contributed by atoms with Gasteiger partial charge in [0.25, 0.3) is 0 Å². The van der Waals surface area contributed by atoms with Crippen molar-refractivity contribution in [3.05, 3.63) is 23.5 Å². The van der Waals surface area contributed by atoms with Crippen LogP contribution in [0.3, 0.4) is 0 Å². The molecule has 4 saturated heterocycles. The SMILES string of the molecule is CC1=C/C(=C\[C@@H](C)[C@@H]2[C@H]3[C@]2(C)CC[C@@]24O[C@]3(O)C(=O)[C@@H]2CC[C@H]2C(C)(C)O[C@@H]3CC(=O)O[C@]32[C@H]4O)OC1=O. The molecule has 5 aliphatic heterocycles. The maximum absolute atomic E-state index is 14.1. The van der Waals surface area contributed by atoms with E-state index in [1.165, 1.54) is 0 Å². The molecular formula is C29H36O9. The van der Waals surface area contributed by atoms with Gasteiger partial charge in [-0.25, -0.2) is 4.79 Å². The lowest BCUT2D eigenvalue weighted by Gasteiger charge is -2.45. The summed E-state index contributed by atoms with van der Waals surface area (Å²) >= 11 is 0. The van der Waals surface area contributed by atoms with Crippen LogP contribution in [0.4, 0.5) is 0 Å². The van der Waals surface area contributed by atoms with Crippen molar-refractivity contribution in [1.29, 1.82) is 0 Å². The lowest BCUT2D eigenvalue weighted by Crippen LogP contribution is -2.63. The van der Waals surface area contributed by atoms with Gasteiger partial charge in [0.2, 0.25) is 5.79 Å². The van der Waals surface area contributed by atoms with E-state index in [-0.39, 0.29) is 35.9 Å². The second-order valence-electron chi connectivity index (χ2n) is 13.6. The molecule has 0 amide bonds. The van der Waals surface area contributed by atoms with Gasteiger partial charge in [0, 0.05) is 17.4 Å². The zero-order valence-corrected chi connectivity index (χ0v) is 22.5. The van der Waals surface area contributed by atoms with E-state index in [0.717, 1.165) is 0 Å². The quantitative estimate of drug-likeness (QED) is 0.519. The summed E-state index contributed by atoms with van der Waals surface area (Å²) in [5.74, 6) is -4.40. The van der Waals surface area contributed by atoms with Gasteiger partial charge in [-0.1, -0.05) is 13.8 Å². The van der Waals surface area contributed by atoms with Crippen LogP contribution < -0.4 is 0 Å². The molecule has 11 atom stereocenters. The lowest BCUT2D eigenvalue weighted by atomic mass is 9.67. The number of carbonyl (C=O) groups is 3. The van der Waals surface area contributed by atoms with Crippen molar-refractivity contribution in [3.63, 3.8) is 0 Å². The van der Waals surface area contributed by atoms with E-state index in [1.54, 1.807) is 13.0 Å². The third-order valence-electron chi connectivity index (χ3n) is 11.3. The van der Waals surface area contributed by atoms with Crippen LogP contribution in [0.5, 0.6) is 0 Å². The van der Waals surface area contributed by atoms with Gasteiger partial charge < -0.3 is 29.2 Å². The highest BCUT2D eigenvalue weighted by molar-refractivity contribution is 5.93. The zero-order valence-electron chi connectivity index (χ0n) is 22.5. The summed E-state index contributed by atoms with van der Waals surface area (Å²) in [5, 5.41) is 24.2. The van der Waals surface area contributed by atoms with Gasteiger partial charge >= 0.3 is 11.9 Å². The molecule has 0 unspecified atom stereocenters. The monoisotopic (exact) mass is 528 g/mol. The molecule has 2 saturated carbocycles. The van der Waals surface area contributed by atoms with Gasteiger partial charge in [-0.15, -0.1) is 0 Å². The maximum Gasteiger partial charge on any atom is 0.339 e. The maximum atomic E-state index is 14.1. The Morgan fingerprint density at radius 1 is 1.13 bits per heavy atom. The van der Waals surface area contributed by atoms with Crippen LogP contribution in [0, 0.1) is 35.0 Å². The van der Waals surface area contributed by atoms with Gasteiger partial charge in [0.1, 0.15) is 23.6 Å². The molecule has 2 aliphatic carbocycles. The highest BCUT2D eigenvalue weighted by Crippen LogP contribution is 2.75. The number of ether oxygens (including phenoxy) is 4. The Bertz CT molecular complexity index is 1230. The summed E-state index contributed by atoms with van der Waals surface area (Å²) < 4.78 is 24.1. The van der Waals surface area contributed by atoms with Gasteiger partial charge in [0.05, 0.1) is 17.9 Å². The summed E-state index contributed by atoms with van der Waals surface area (Å²) in [5.41, 5.74) is -3.21. The normalized spacial score (nSPS) is 53.7. The minimum atomic E-state index is -2.05. The topological polar surface area (TPSA) is 129 Å². The Morgan fingerprint density at radius 2 is 1.87 bits per heavy atom. The van der Waals surface area contributed by atoms with Gasteiger partial charge in [-0.3, -0.25) is 9.59 Å². The molecule has 0 aromatic rings. The summed E-state index contributed by atoms with van der Waals surface area (Å²) in [6.45, 7) is 9.65. The fourth-order valence-corrected chi connectivity index (χ4v) is 9.75. The Hall–Kier alpha value is -2.07. The molecule has 6 fully saturated rings. The van der Waals surface area contributed by atoms with Crippen molar-refractivity contribution in [2.24, 2.45) is 35.0 Å². The molecule has 9 heteroatoms. The Labute approximate surface area is 221 Å². The number of rotatable bonds is 2. The summed E-state index contributed by atoms with van der Waals surface area (Å²) in [7, 11) is 0. The largest absolute Gasteiger partial charge is 0.453 e. The number of aliphatic hydroxyl groups excluding tert-OH is 1. The van der Waals surface area contributed by atoms with Crippen LogP contribution >= 0.6 is 0 Å². The van der Waals surface area contributed by atoms with E-state index < -0.39 is 58.0 Å². The first kappa shape index (κ1) is 24.9. The standard InChI is InChI=1S/C29H36O9/c1-13(10-15-11-14(2)23(32)35-15)20-21-26(20,5)8-9-27-16(22(31)29(21,34)38-27)6-7-17-25(3,4)36-18-12-19(30)37-28(17,18)24(27)33/h10-11,13,16-18,20-21,24,33-34H,6-9,12H2,1-5H3/b15-10+/t13-,16+,17+,18-,20-,21+,24+,26-,27-,28+,29+/m1/s1. The number of cyclic esters (lactones) is 1. The van der Waals surface area contributed by atoms with Crippen LogP contribution in [0.25, 0.3) is 0 Å². The Balaban J connectivity index is 1.26. The summed E-state index contributed by atoms with van der Waals surface area (Å²) in [6.07, 6.45) is 3.58. The zero-order chi connectivity index (χ0) is 27.2. The number of fused-ring (bicyclic) bond motifs is 3. The molecule has 9 nitrogen and oxygen atoms in total. The molecule has 5 heterocycles. The molecule has 0 aromatic carbocycles. The molecule has 2 bridgehead atoms. The van der Waals surface area contributed by atoms with Crippen LogP contribution in [0.1, 0.15) is 66.7 Å². The highest BCUT2D eigenvalue weighted by atomic mass is 16.7. The van der Waals surface area contributed by atoms with E-state index in [1.807, 2.05) is 26.8 Å². The fourth-order valence-electron chi connectivity index (χ4n) is 9.75. The van der Waals surface area contributed by atoms with E-state index in [2.05, 4.69) is 6.92 Å². The smallest absolute Gasteiger partial charge is 0.339 e. The molecule has 7 aliphatic rings. The van der Waals surface area contributed by atoms with Crippen molar-refractivity contribution in [2.75, 3.05) is 0 Å². The molecule has 7 rings (SSSR count). The second-order valence-corrected chi connectivity index (χ2v) is 13.6. The van der Waals surface area contributed by atoms with Crippen molar-refractivity contribution in [3.8, 4) is 0 Å². The van der Waals surface area contributed by atoms with Crippen molar-refractivity contribution >= 4 is 17.7 Å². The van der Waals surface area contributed by atoms with Crippen molar-refractivity contribution in [2.45, 2.75) is 102 Å². The van der Waals surface area contributed by atoms with E-state index in [4.69, 9.17) is 18.9 Å². The predicted octanol–water partition coefficient (Wildman–Crippen LogP) is 2.33. The number of hydrogen-bond donors (Lipinski definition) is 2. The average Bonchev–Trinajstić information content (AvgIpc) is 2.97. The van der Waals surface area contributed by atoms with Gasteiger partial charge in [0.15, 0.2) is 11.4 Å². The van der Waals surface area contributed by atoms with Crippen molar-refractivity contribution in [1.82, 2.24) is 0 Å². The molecule has 0 aromatic heterocycles. The number of carbonyl (C=O) groups excluding carboxylic acids is 3. The Kier molecular flexibility index (Phi) is 4.70. The van der Waals surface area contributed by atoms with Crippen LogP contribution in [-0.2, 0) is 33.3 Å². The number of aliphatic hydroxyl groups is 2. The minimum Gasteiger partial charge on any atom is -0.453 e. The molecule has 38 heavy (non-hydrogen) atoms. The molecule has 2 N–H and O–H groups in total. The summed E-state index contributed by atoms with van der Waals surface area (Å²) in [6, 6.07) is 0. The minimum absolute atomic E-state index is 0.0447.